The number of rotatable bonds is 2. The van der Waals surface area contributed by atoms with Gasteiger partial charge in [-0.25, -0.2) is 13.2 Å². The standard InChI is InChI=1S/C13H8F3N5/c14-7-1-3-11(17)9(5-7)13-18-19-20-21(13)12-4-2-8(15)6-10(12)16/h1-6H,17H2. The van der Waals surface area contributed by atoms with Crippen molar-refractivity contribution in [2.45, 2.75) is 0 Å². The summed E-state index contributed by atoms with van der Waals surface area (Å²) in [7, 11) is 0. The highest BCUT2D eigenvalue weighted by molar-refractivity contribution is 5.72. The summed E-state index contributed by atoms with van der Waals surface area (Å²) in [4.78, 5) is 0. The van der Waals surface area contributed by atoms with E-state index in [1.54, 1.807) is 0 Å². The van der Waals surface area contributed by atoms with Crippen LogP contribution in [0.1, 0.15) is 0 Å². The average Bonchev–Trinajstić information content (AvgIpc) is 2.90. The first-order valence-corrected chi connectivity index (χ1v) is 5.85. The van der Waals surface area contributed by atoms with E-state index in [0.717, 1.165) is 16.8 Å². The molecule has 21 heavy (non-hydrogen) atoms. The van der Waals surface area contributed by atoms with Crippen LogP contribution >= 0.6 is 0 Å². The Morgan fingerprint density at radius 2 is 1.67 bits per heavy atom. The molecule has 0 aliphatic rings. The molecule has 0 unspecified atom stereocenters. The third kappa shape index (κ3) is 2.31. The van der Waals surface area contributed by atoms with E-state index in [1.807, 2.05) is 0 Å². The zero-order chi connectivity index (χ0) is 15.0. The average molecular weight is 291 g/mol. The molecule has 0 spiro atoms. The van der Waals surface area contributed by atoms with E-state index < -0.39 is 17.5 Å². The number of nitrogen functional groups attached to an aromatic ring is 1. The normalized spacial score (nSPS) is 10.8. The largest absolute Gasteiger partial charge is 0.398 e. The van der Waals surface area contributed by atoms with Gasteiger partial charge in [-0.2, -0.15) is 4.68 Å². The van der Waals surface area contributed by atoms with Crippen LogP contribution in [0.3, 0.4) is 0 Å². The van der Waals surface area contributed by atoms with Crippen molar-refractivity contribution in [2.24, 2.45) is 0 Å². The van der Waals surface area contributed by atoms with Crippen molar-refractivity contribution in [2.75, 3.05) is 5.73 Å². The molecule has 2 aromatic carbocycles. The lowest BCUT2D eigenvalue weighted by atomic mass is 10.1. The van der Waals surface area contributed by atoms with Crippen LogP contribution in [0.5, 0.6) is 0 Å². The van der Waals surface area contributed by atoms with Crippen LogP contribution in [-0.2, 0) is 0 Å². The Bertz CT molecular complexity index is 815. The van der Waals surface area contributed by atoms with Gasteiger partial charge >= 0.3 is 0 Å². The topological polar surface area (TPSA) is 69.6 Å². The summed E-state index contributed by atoms with van der Waals surface area (Å²) in [5.41, 5.74) is 6.13. The molecular formula is C13H8F3N5. The van der Waals surface area contributed by atoms with Crippen LogP contribution in [-0.4, -0.2) is 20.2 Å². The highest BCUT2D eigenvalue weighted by Crippen LogP contribution is 2.27. The SMILES string of the molecule is Nc1ccc(F)cc1-c1nnnn1-c1ccc(F)cc1F. The quantitative estimate of drug-likeness (QED) is 0.736. The number of benzene rings is 2. The number of nitrogens with two attached hydrogens (primary N) is 1. The van der Waals surface area contributed by atoms with Crippen molar-refractivity contribution < 1.29 is 13.2 Å². The van der Waals surface area contributed by atoms with Crippen molar-refractivity contribution in [3.8, 4) is 17.1 Å². The second kappa shape index (κ2) is 4.89. The van der Waals surface area contributed by atoms with E-state index >= 15 is 0 Å². The predicted octanol–water partition coefficient (Wildman–Crippen LogP) is 2.33. The van der Waals surface area contributed by atoms with Crippen molar-refractivity contribution in [3.63, 3.8) is 0 Å². The number of aromatic nitrogens is 4. The lowest BCUT2D eigenvalue weighted by Crippen LogP contribution is -2.04. The molecule has 0 saturated heterocycles. The summed E-state index contributed by atoms with van der Waals surface area (Å²) in [6.45, 7) is 0. The van der Waals surface area contributed by atoms with Gasteiger partial charge in [0.1, 0.15) is 17.3 Å². The van der Waals surface area contributed by atoms with Crippen LogP contribution in [0.4, 0.5) is 18.9 Å². The minimum absolute atomic E-state index is 0.0532. The van der Waals surface area contributed by atoms with Crippen LogP contribution in [0.25, 0.3) is 17.1 Å². The van der Waals surface area contributed by atoms with Gasteiger partial charge in [-0.05, 0) is 40.8 Å². The number of halogens is 3. The molecule has 8 heteroatoms. The minimum Gasteiger partial charge on any atom is -0.398 e. The van der Waals surface area contributed by atoms with Crippen LogP contribution in [0.15, 0.2) is 36.4 Å². The summed E-state index contributed by atoms with van der Waals surface area (Å²) in [5.74, 6) is -2.06. The monoisotopic (exact) mass is 291 g/mol. The van der Waals surface area contributed by atoms with Crippen LogP contribution < -0.4 is 5.73 Å². The maximum absolute atomic E-state index is 13.8. The lowest BCUT2D eigenvalue weighted by molar-refractivity contribution is 0.572. The zero-order valence-corrected chi connectivity index (χ0v) is 10.5. The van der Waals surface area contributed by atoms with Crippen LogP contribution in [0.2, 0.25) is 0 Å². The van der Waals surface area contributed by atoms with Crippen molar-refractivity contribution in [1.82, 2.24) is 20.2 Å². The summed E-state index contributed by atoms with van der Waals surface area (Å²) >= 11 is 0. The first kappa shape index (κ1) is 13.1. The van der Waals surface area contributed by atoms with E-state index in [4.69, 9.17) is 5.73 Å². The summed E-state index contributed by atoms with van der Waals surface area (Å²) < 4.78 is 41.2. The molecule has 0 saturated carbocycles. The molecular weight excluding hydrogens is 283 g/mol. The number of hydrogen-bond acceptors (Lipinski definition) is 4. The molecule has 0 atom stereocenters. The maximum atomic E-state index is 13.8. The molecule has 0 radical (unpaired) electrons. The van der Waals surface area contributed by atoms with Gasteiger partial charge in [0.15, 0.2) is 11.6 Å². The Morgan fingerprint density at radius 3 is 2.43 bits per heavy atom. The molecule has 0 amide bonds. The molecule has 106 valence electrons. The van der Waals surface area contributed by atoms with E-state index in [1.165, 1.54) is 18.2 Å². The van der Waals surface area contributed by atoms with Gasteiger partial charge in [-0.3, -0.25) is 0 Å². The fourth-order valence-electron chi connectivity index (χ4n) is 1.89. The summed E-state index contributed by atoms with van der Waals surface area (Å²) in [6.07, 6.45) is 0. The van der Waals surface area contributed by atoms with Gasteiger partial charge in [0, 0.05) is 17.3 Å². The Morgan fingerprint density at radius 1 is 0.952 bits per heavy atom. The fraction of sp³-hybridized carbons (Fsp3) is 0. The molecule has 0 fully saturated rings. The van der Waals surface area contributed by atoms with Gasteiger partial charge in [0.25, 0.3) is 0 Å². The first-order chi connectivity index (χ1) is 10.1. The zero-order valence-electron chi connectivity index (χ0n) is 10.5. The number of nitrogens with zero attached hydrogens (tertiary/aromatic N) is 4. The molecule has 0 bridgehead atoms. The number of tetrazole rings is 1. The second-order valence-electron chi connectivity index (χ2n) is 4.24. The molecule has 3 aromatic rings. The number of anilines is 1. The maximum Gasteiger partial charge on any atom is 0.189 e. The number of hydrogen-bond donors (Lipinski definition) is 1. The van der Waals surface area contributed by atoms with Gasteiger partial charge in [-0.1, -0.05) is 0 Å². The van der Waals surface area contributed by atoms with E-state index in [9.17, 15) is 13.2 Å². The highest BCUT2D eigenvalue weighted by atomic mass is 19.1. The van der Waals surface area contributed by atoms with Crippen LogP contribution in [0, 0.1) is 17.5 Å². The fourth-order valence-corrected chi connectivity index (χ4v) is 1.89. The molecule has 1 aromatic heterocycles. The Hall–Kier alpha value is -2.90. The Kier molecular flexibility index (Phi) is 3.05. The van der Waals surface area contributed by atoms with E-state index in [0.29, 0.717) is 6.07 Å². The second-order valence-corrected chi connectivity index (χ2v) is 4.24. The van der Waals surface area contributed by atoms with Gasteiger partial charge in [0.05, 0.1) is 0 Å². The summed E-state index contributed by atoms with van der Waals surface area (Å²) in [6, 6.07) is 6.63. The summed E-state index contributed by atoms with van der Waals surface area (Å²) in [5, 5.41) is 10.8. The minimum atomic E-state index is -0.849. The van der Waals surface area contributed by atoms with Crippen molar-refractivity contribution in [1.29, 1.82) is 0 Å². The van der Waals surface area contributed by atoms with Crippen molar-refractivity contribution in [3.05, 3.63) is 53.8 Å². The highest BCUT2D eigenvalue weighted by Gasteiger charge is 2.17. The van der Waals surface area contributed by atoms with E-state index in [2.05, 4.69) is 15.5 Å². The first-order valence-electron chi connectivity index (χ1n) is 5.85. The Balaban J connectivity index is 2.19. The molecule has 2 N–H and O–H groups in total. The predicted molar refractivity (Wildman–Crippen MR) is 68.9 cm³/mol. The van der Waals surface area contributed by atoms with Gasteiger partial charge < -0.3 is 5.73 Å². The molecule has 0 aliphatic carbocycles. The van der Waals surface area contributed by atoms with Gasteiger partial charge in [0.2, 0.25) is 0 Å². The van der Waals surface area contributed by atoms with Gasteiger partial charge in [-0.15, -0.1) is 5.10 Å². The molecule has 1 heterocycles. The third-order valence-corrected chi connectivity index (χ3v) is 2.86. The third-order valence-electron chi connectivity index (χ3n) is 2.86. The Labute approximate surface area is 116 Å². The van der Waals surface area contributed by atoms with Crippen molar-refractivity contribution >= 4 is 5.69 Å². The molecule has 0 aliphatic heterocycles. The van der Waals surface area contributed by atoms with E-state index in [-0.39, 0.29) is 22.8 Å². The molecule has 5 nitrogen and oxygen atoms in total. The molecule has 3 rings (SSSR count). The smallest absolute Gasteiger partial charge is 0.189 e. The lowest BCUT2D eigenvalue weighted by Gasteiger charge is -2.08.